The summed E-state index contributed by atoms with van der Waals surface area (Å²) in [6.07, 6.45) is 4.44. The topological polar surface area (TPSA) is 108 Å². The van der Waals surface area contributed by atoms with Gasteiger partial charge in [0.25, 0.3) is 11.8 Å². The van der Waals surface area contributed by atoms with Gasteiger partial charge in [-0.3, -0.25) is 19.3 Å². The zero-order chi connectivity index (χ0) is 23.0. The molecule has 0 radical (unpaired) electrons. The normalized spacial score (nSPS) is 20.0. The fourth-order valence-corrected chi connectivity index (χ4v) is 5.32. The van der Waals surface area contributed by atoms with Gasteiger partial charge in [-0.2, -0.15) is 0 Å². The largest absolute Gasteiger partial charge is 0.368 e. The number of anilines is 3. The second kappa shape index (κ2) is 8.51. The van der Waals surface area contributed by atoms with Gasteiger partial charge in [-0.15, -0.1) is 0 Å². The molecular weight excluding hydrogens is 418 g/mol. The molecule has 8 heteroatoms. The fraction of sp³-hybridized carbons (Fsp3) is 0.400. The van der Waals surface area contributed by atoms with E-state index in [4.69, 9.17) is 5.73 Å². The maximum Gasteiger partial charge on any atom is 0.257 e. The number of primary amides is 1. The average Bonchev–Trinajstić information content (AvgIpc) is 2.99. The summed E-state index contributed by atoms with van der Waals surface area (Å²) in [4.78, 5) is 42.4. The van der Waals surface area contributed by atoms with Crippen molar-refractivity contribution >= 4 is 34.8 Å². The van der Waals surface area contributed by atoms with Crippen LogP contribution in [0.25, 0.3) is 0 Å². The number of carbonyl (C=O) groups is 3. The van der Waals surface area contributed by atoms with Crippen molar-refractivity contribution in [1.82, 2.24) is 9.80 Å². The fourth-order valence-electron chi connectivity index (χ4n) is 5.32. The Labute approximate surface area is 193 Å². The number of hydrogen-bond donors (Lipinski definition) is 3. The molecule has 0 atom stereocenters. The quantitative estimate of drug-likeness (QED) is 0.671. The zero-order valence-electron chi connectivity index (χ0n) is 18.6. The molecule has 8 nitrogen and oxygen atoms in total. The van der Waals surface area contributed by atoms with Gasteiger partial charge in [-0.25, -0.2) is 0 Å². The van der Waals surface area contributed by atoms with Gasteiger partial charge in [0.2, 0.25) is 5.91 Å². The maximum absolute atomic E-state index is 13.3. The number of fused-ring (bicyclic) bond motifs is 2. The highest BCUT2D eigenvalue weighted by atomic mass is 16.2. The summed E-state index contributed by atoms with van der Waals surface area (Å²) in [5, 5.41) is 6.18. The van der Waals surface area contributed by atoms with E-state index >= 15 is 0 Å². The third-order valence-electron chi connectivity index (χ3n) is 7.25. The second-order valence-electron chi connectivity index (χ2n) is 9.12. The molecule has 0 aromatic heterocycles. The molecular formula is C25H29N5O3. The smallest absolute Gasteiger partial charge is 0.257 e. The highest BCUT2D eigenvalue weighted by molar-refractivity contribution is 6.12. The Kier molecular flexibility index (Phi) is 5.54. The molecule has 0 unspecified atom stereocenters. The molecule has 5 rings (SSSR count). The van der Waals surface area contributed by atoms with Crippen LogP contribution in [-0.4, -0.2) is 59.2 Å². The van der Waals surface area contributed by atoms with Gasteiger partial charge in [0.05, 0.1) is 22.6 Å². The second-order valence-corrected chi connectivity index (χ2v) is 9.12. The van der Waals surface area contributed by atoms with Crippen LogP contribution in [0, 0.1) is 0 Å². The van der Waals surface area contributed by atoms with Crippen LogP contribution < -0.4 is 16.4 Å². The predicted molar refractivity (Wildman–Crippen MR) is 127 cm³/mol. The summed E-state index contributed by atoms with van der Waals surface area (Å²) >= 11 is 0. The minimum atomic E-state index is -0.658. The van der Waals surface area contributed by atoms with Crippen molar-refractivity contribution in [2.24, 2.45) is 5.73 Å². The SMILES string of the molecule is NC(=O)C1(N2CCCCC2)CCN(C(=O)c2ccc3c(c2)NC(=O)c2ccccc2N3)CC1. The van der Waals surface area contributed by atoms with Crippen molar-refractivity contribution in [3.05, 3.63) is 53.6 Å². The number of nitrogens with zero attached hydrogens (tertiary/aromatic N) is 2. The van der Waals surface area contributed by atoms with E-state index in [2.05, 4.69) is 15.5 Å². The molecule has 2 aromatic carbocycles. The number of likely N-dealkylation sites (tertiary alicyclic amines) is 2. The molecule has 33 heavy (non-hydrogen) atoms. The van der Waals surface area contributed by atoms with E-state index < -0.39 is 5.54 Å². The lowest BCUT2D eigenvalue weighted by Gasteiger charge is -2.48. The van der Waals surface area contributed by atoms with Crippen molar-refractivity contribution < 1.29 is 14.4 Å². The van der Waals surface area contributed by atoms with E-state index in [0.717, 1.165) is 37.3 Å². The van der Waals surface area contributed by atoms with Crippen molar-refractivity contribution in [3.63, 3.8) is 0 Å². The Morgan fingerprint density at radius 2 is 1.58 bits per heavy atom. The van der Waals surface area contributed by atoms with Crippen LogP contribution in [0.5, 0.6) is 0 Å². The van der Waals surface area contributed by atoms with Crippen LogP contribution in [0.2, 0.25) is 0 Å². The van der Waals surface area contributed by atoms with Gasteiger partial charge in [0.15, 0.2) is 0 Å². The molecule has 0 saturated carbocycles. The molecule has 172 valence electrons. The number of benzene rings is 2. The first-order valence-corrected chi connectivity index (χ1v) is 11.6. The standard InChI is InChI=1S/C25H29N5O3/c26-24(33)25(30-12-4-1-5-13-30)10-14-29(15-11-25)23(32)17-8-9-20-21(16-17)28-22(31)18-6-2-3-7-19(18)27-20/h2-3,6-9,16,27H,1,4-5,10-15H2,(H2,26,33)(H,28,31). The van der Waals surface area contributed by atoms with Gasteiger partial charge in [-0.05, 0) is 69.1 Å². The van der Waals surface area contributed by atoms with E-state index in [9.17, 15) is 14.4 Å². The minimum absolute atomic E-state index is 0.106. The van der Waals surface area contributed by atoms with E-state index in [1.807, 2.05) is 24.3 Å². The molecule has 3 amide bonds. The molecule has 3 aliphatic heterocycles. The lowest BCUT2D eigenvalue weighted by Crippen LogP contribution is -2.63. The molecule has 3 aliphatic rings. The number of nitrogens with two attached hydrogens (primary N) is 1. The first kappa shape index (κ1) is 21.5. The van der Waals surface area contributed by atoms with Crippen molar-refractivity contribution in [2.75, 3.05) is 36.8 Å². The summed E-state index contributed by atoms with van der Waals surface area (Å²) < 4.78 is 0. The van der Waals surface area contributed by atoms with E-state index in [0.29, 0.717) is 42.7 Å². The molecule has 3 heterocycles. The molecule has 0 bridgehead atoms. The monoisotopic (exact) mass is 447 g/mol. The summed E-state index contributed by atoms with van der Waals surface area (Å²) in [5.41, 5.74) is 8.31. The van der Waals surface area contributed by atoms with Crippen molar-refractivity contribution in [1.29, 1.82) is 0 Å². The number of amides is 3. The number of piperidine rings is 2. The predicted octanol–water partition coefficient (Wildman–Crippen LogP) is 2.94. The van der Waals surface area contributed by atoms with Crippen LogP contribution in [-0.2, 0) is 4.79 Å². The van der Waals surface area contributed by atoms with E-state index in [1.165, 1.54) is 6.42 Å². The molecule has 0 spiro atoms. The van der Waals surface area contributed by atoms with Crippen molar-refractivity contribution in [3.8, 4) is 0 Å². The minimum Gasteiger partial charge on any atom is -0.368 e. The van der Waals surface area contributed by atoms with Crippen LogP contribution in [0.3, 0.4) is 0 Å². The van der Waals surface area contributed by atoms with Gasteiger partial charge < -0.3 is 21.3 Å². The third kappa shape index (κ3) is 3.84. The van der Waals surface area contributed by atoms with Crippen molar-refractivity contribution in [2.45, 2.75) is 37.6 Å². The average molecular weight is 448 g/mol. The molecule has 0 aliphatic carbocycles. The Hall–Kier alpha value is -3.39. The zero-order valence-corrected chi connectivity index (χ0v) is 18.6. The van der Waals surface area contributed by atoms with Gasteiger partial charge >= 0.3 is 0 Å². The Morgan fingerprint density at radius 3 is 2.30 bits per heavy atom. The molecule has 2 aromatic rings. The number of rotatable bonds is 3. The summed E-state index contributed by atoms with van der Waals surface area (Å²) in [5.74, 6) is -0.604. The number of carbonyl (C=O) groups excluding carboxylic acids is 3. The van der Waals surface area contributed by atoms with E-state index in [1.54, 1.807) is 23.1 Å². The van der Waals surface area contributed by atoms with Crippen LogP contribution in [0.4, 0.5) is 17.1 Å². The van der Waals surface area contributed by atoms with Crippen LogP contribution in [0.1, 0.15) is 52.8 Å². The highest BCUT2D eigenvalue weighted by Gasteiger charge is 2.45. The van der Waals surface area contributed by atoms with Gasteiger partial charge in [0, 0.05) is 18.7 Å². The maximum atomic E-state index is 13.3. The summed E-state index contributed by atoms with van der Waals surface area (Å²) in [7, 11) is 0. The Morgan fingerprint density at radius 1 is 0.848 bits per heavy atom. The Bertz CT molecular complexity index is 1100. The highest BCUT2D eigenvalue weighted by Crippen LogP contribution is 2.35. The third-order valence-corrected chi connectivity index (χ3v) is 7.25. The van der Waals surface area contributed by atoms with Gasteiger partial charge in [-0.1, -0.05) is 18.6 Å². The van der Waals surface area contributed by atoms with Crippen LogP contribution >= 0.6 is 0 Å². The number of para-hydroxylation sites is 1. The molecule has 2 saturated heterocycles. The van der Waals surface area contributed by atoms with E-state index in [-0.39, 0.29) is 17.7 Å². The molecule has 4 N–H and O–H groups in total. The first-order valence-electron chi connectivity index (χ1n) is 11.6. The van der Waals surface area contributed by atoms with Gasteiger partial charge in [0.1, 0.15) is 5.54 Å². The lowest BCUT2D eigenvalue weighted by molar-refractivity contribution is -0.134. The summed E-state index contributed by atoms with van der Waals surface area (Å²) in [6, 6.07) is 12.6. The lowest BCUT2D eigenvalue weighted by atomic mass is 9.83. The number of hydrogen-bond acceptors (Lipinski definition) is 5. The Balaban J connectivity index is 1.32. The molecule has 2 fully saturated rings. The number of nitrogens with one attached hydrogen (secondary N) is 2. The van der Waals surface area contributed by atoms with Crippen LogP contribution in [0.15, 0.2) is 42.5 Å². The summed E-state index contributed by atoms with van der Waals surface area (Å²) in [6.45, 7) is 2.73. The first-order chi connectivity index (χ1) is 16.0.